The Kier molecular flexibility index (Phi) is 12.8. The molecule has 0 fully saturated rings. The van der Waals surface area contributed by atoms with Gasteiger partial charge in [0.25, 0.3) is 0 Å². The van der Waals surface area contributed by atoms with Crippen LogP contribution >= 0.6 is 0 Å². The molecule has 10 aromatic rings. The van der Waals surface area contributed by atoms with Crippen LogP contribution in [0.2, 0.25) is 0 Å². The van der Waals surface area contributed by atoms with Gasteiger partial charge in [-0.2, -0.15) is 15.3 Å². The third-order valence-electron chi connectivity index (χ3n) is 11.1. The van der Waals surface area contributed by atoms with Crippen molar-refractivity contribution in [1.82, 2.24) is 58.8 Å². The summed E-state index contributed by atoms with van der Waals surface area (Å²) in [6, 6.07) is 18.7. The minimum absolute atomic E-state index is 0.0104. The summed E-state index contributed by atoms with van der Waals surface area (Å²) in [7, 11) is 7.74. The van der Waals surface area contributed by atoms with Crippen molar-refractivity contribution in [3.8, 4) is 44.5 Å². The van der Waals surface area contributed by atoms with E-state index >= 15 is 0 Å². The Morgan fingerprint density at radius 3 is 1.77 bits per heavy atom. The van der Waals surface area contributed by atoms with E-state index in [0.717, 1.165) is 72.4 Å². The van der Waals surface area contributed by atoms with Gasteiger partial charge < -0.3 is 15.6 Å². The van der Waals surface area contributed by atoms with Crippen molar-refractivity contribution in [2.75, 3.05) is 5.32 Å². The minimum Gasteiger partial charge on any atom is -0.378 e. The summed E-state index contributed by atoms with van der Waals surface area (Å²) in [6.45, 7) is 5.64. The topological polar surface area (TPSA) is 178 Å². The third kappa shape index (κ3) is 9.75. The molecule has 15 nitrogen and oxygen atoms in total. The lowest BCUT2D eigenvalue weighted by molar-refractivity contribution is 0.101. The summed E-state index contributed by atoms with van der Waals surface area (Å²) < 4.78 is 7.44. The van der Waals surface area contributed by atoms with Gasteiger partial charge in [0.05, 0.1) is 35.7 Å². The number of nitrogens with zero attached hydrogens (tertiary/aromatic N) is 12. The van der Waals surface area contributed by atoms with Crippen LogP contribution in [0.5, 0.6) is 0 Å². The highest BCUT2D eigenvalue weighted by Crippen LogP contribution is 2.35. The van der Waals surface area contributed by atoms with Gasteiger partial charge in [-0.15, -0.1) is 0 Å². The van der Waals surface area contributed by atoms with Crippen LogP contribution in [0.25, 0.3) is 66.4 Å². The largest absolute Gasteiger partial charge is 0.378 e. The molecule has 65 heavy (non-hydrogen) atoms. The number of anilines is 1. The summed E-state index contributed by atoms with van der Waals surface area (Å²) in [4.78, 5) is 33.1. The van der Waals surface area contributed by atoms with E-state index < -0.39 is 0 Å². The highest BCUT2D eigenvalue weighted by molar-refractivity contribution is 6.00. The first-order chi connectivity index (χ1) is 31.4. The first-order valence-electron chi connectivity index (χ1n) is 21.1. The predicted octanol–water partition coefficient (Wildman–Crippen LogP) is 8.94. The fraction of sp³-hybridized carbons (Fsp3) is 0.180. The lowest BCUT2D eigenvalue weighted by Crippen LogP contribution is -2.09. The molecule has 0 aliphatic rings. The number of rotatable bonds is 9. The summed E-state index contributed by atoms with van der Waals surface area (Å²) in [5.74, 6) is 0.0157. The van der Waals surface area contributed by atoms with Crippen LogP contribution in [0.4, 0.5) is 5.69 Å². The molecule has 0 amide bonds. The van der Waals surface area contributed by atoms with Crippen molar-refractivity contribution in [3.05, 3.63) is 164 Å². The zero-order valence-electron chi connectivity index (χ0n) is 37.4. The average Bonchev–Trinajstić information content (AvgIpc) is 4.15. The second-order valence-corrected chi connectivity index (χ2v) is 15.9. The Bertz CT molecular complexity index is 3250. The van der Waals surface area contributed by atoms with Crippen LogP contribution in [0.1, 0.15) is 54.3 Å². The van der Waals surface area contributed by atoms with Gasteiger partial charge in [0.1, 0.15) is 0 Å². The summed E-state index contributed by atoms with van der Waals surface area (Å²) in [6.07, 6.45) is 27.5. The molecule has 326 valence electrons. The molecule has 0 saturated heterocycles. The summed E-state index contributed by atoms with van der Waals surface area (Å²) >= 11 is 0. The van der Waals surface area contributed by atoms with Crippen LogP contribution in [0.3, 0.4) is 0 Å². The van der Waals surface area contributed by atoms with Gasteiger partial charge in [-0.1, -0.05) is 12.1 Å². The van der Waals surface area contributed by atoms with Crippen molar-refractivity contribution in [3.63, 3.8) is 0 Å². The number of hydrogen-bond acceptors (Lipinski definition) is 11. The van der Waals surface area contributed by atoms with E-state index in [-0.39, 0.29) is 17.9 Å². The van der Waals surface area contributed by atoms with Crippen LogP contribution in [-0.2, 0) is 28.2 Å². The first-order valence-corrected chi connectivity index (χ1v) is 21.1. The normalized spacial score (nSPS) is 11.9. The highest BCUT2D eigenvalue weighted by atomic mass is 16.1. The zero-order valence-corrected chi connectivity index (χ0v) is 37.4. The maximum Gasteiger partial charge on any atom is 0.161 e. The van der Waals surface area contributed by atoms with E-state index in [1.807, 2.05) is 101 Å². The quantitative estimate of drug-likeness (QED) is 0.132. The Balaban J connectivity index is 0.000000158. The third-order valence-corrected chi connectivity index (χ3v) is 11.1. The van der Waals surface area contributed by atoms with E-state index in [4.69, 9.17) is 5.73 Å². The number of carbonyl (C=O) groups excluding carboxylic acids is 1. The number of benzene rings is 2. The van der Waals surface area contributed by atoms with E-state index in [1.54, 1.807) is 46.5 Å². The van der Waals surface area contributed by atoms with Crippen LogP contribution in [-0.4, -0.2) is 64.6 Å². The first kappa shape index (κ1) is 43.5. The molecule has 15 heteroatoms. The summed E-state index contributed by atoms with van der Waals surface area (Å²) in [5.41, 5.74) is 20.9. The molecule has 0 aliphatic heterocycles. The Hall–Kier alpha value is -8.17. The lowest BCUT2D eigenvalue weighted by Gasteiger charge is -2.19. The van der Waals surface area contributed by atoms with E-state index in [2.05, 4.69) is 107 Å². The van der Waals surface area contributed by atoms with Gasteiger partial charge in [-0.05, 0) is 96.4 Å². The molecular weight excluding hydrogens is 813 g/mol. The number of aryl methyl sites for hydroxylation is 4. The Morgan fingerprint density at radius 2 is 1.17 bits per heavy atom. The number of hydrogen-bond donors (Lipinski definition) is 2. The van der Waals surface area contributed by atoms with Crippen molar-refractivity contribution >= 4 is 33.4 Å². The molecule has 3 N–H and O–H groups in total. The molecule has 2 aromatic carbocycles. The van der Waals surface area contributed by atoms with Crippen molar-refractivity contribution < 1.29 is 4.79 Å². The summed E-state index contributed by atoms with van der Waals surface area (Å²) in [5, 5.41) is 17.5. The molecule has 8 aromatic heterocycles. The number of nitrogens with two attached hydrogens (primary N) is 1. The van der Waals surface area contributed by atoms with Gasteiger partial charge in [0, 0.05) is 153 Å². The average molecular weight is 863 g/mol. The van der Waals surface area contributed by atoms with Gasteiger partial charge >= 0.3 is 0 Å². The minimum atomic E-state index is -0.0195. The highest BCUT2D eigenvalue weighted by Gasteiger charge is 2.17. The molecular formula is C50H50N14O. The molecule has 0 aliphatic carbocycles. The Labute approximate surface area is 376 Å². The predicted molar refractivity (Wildman–Crippen MR) is 255 cm³/mol. The maximum absolute atomic E-state index is 11.4. The number of nitrogens with one attached hydrogen (secondary N) is 1. The van der Waals surface area contributed by atoms with Crippen LogP contribution < -0.4 is 11.1 Å². The SMILES string of the molecule is CC(=O)c1cnccc1-c1cnn(C)c1.CC(N)c1cnccc1-c1cnn(C)c1.CC(Nc1cc(-c2ccc3ccn(C)c3c2)c2nccnc2c1)c1cnccc1-c1cnn(C)c1. The van der Waals surface area contributed by atoms with Gasteiger partial charge in [-0.25, -0.2) is 0 Å². The molecule has 2 atom stereocenters. The van der Waals surface area contributed by atoms with Crippen LogP contribution in [0.15, 0.2) is 148 Å². The second kappa shape index (κ2) is 19.1. The lowest BCUT2D eigenvalue weighted by atomic mass is 9.98. The fourth-order valence-electron chi connectivity index (χ4n) is 7.79. The van der Waals surface area contributed by atoms with Crippen LogP contribution in [0, 0.1) is 0 Å². The number of aromatic nitrogens is 12. The number of carbonyl (C=O) groups is 1. The van der Waals surface area contributed by atoms with Crippen molar-refractivity contribution in [1.29, 1.82) is 0 Å². The number of Topliss-reactive ketones (excluding diaryl/α,β-unsaturated/α-hetero) is 1. The molecule has 0 saturated carbocycles. The monoisotopic (exact) mass is 862 g/mol. The second-order valence-electron chi connectivity index (χ2n) is 15.9. The van der Waals surface area contributed by atoms with Gasteiger partial charge in [0.2, 0.25) is 0 Å². The van der Waals surface area contributed by atoms with Gasteiger partial charge in [-0.3, -0.25) is 43.8 Å². The van der Waals surface area contributed by atoms with Crippen molar-refractivity contribution in [2.24, 2.45) is 33.9 Å². The number of pyridine rings is 3. The van der Waals surface area contributed by atoms with E-state index in [0.29, 0.717) is 5.56 Å². The zero-order chi connectivity index (χ0) is 45.6. The fourth-order valence-corrected chi connectivity index (χ4v) is 7.79. The number of fused-ring (bicyclic) bond motifs is 2. The molecule has 0 radical (unpaired) electrons. The van der Waals surface area contributed by atoms with E-state index in [1.165, 1.54) is 17.8 Å². The Morgan fingerprint density at radius 1 is 0.600 bits per heavy atom. The standard InChI is InChI=1S/C28H25N7.C11H14N4.C11H11N3O/c1-18(25-16-29-8-6-23(25)21-15-32-35(3)17-21)33-22-13-24(28-26(14-22)30-9-10-31-28)20-5-4-19-7-11-34(2)27(19)12-20;1-8(12)11-6-13-4-3-10(11)9-5-14-15(2)7-9;1-8(15)11-6-12-4-3-10(11)9-5-13-14(2)7-9/h4-18,33H,1-3H3;3-8H,12H2,1-2H3;3-7H,1-2H3. The van der Waals surface area contributed by atoms with Gasteiger partial charge in [0.15, 0.2) is 5.78 Å². The molecule has 8 heterocycles. The van der Waals surface area contributed by atoms with Crippen molar-refractivity contribution in [2.45, 2.75) is 32.9 Å². The molecule has 10 rings (SSSR count). The molecule has 0 bridgehead atoms. The smallest absolute Gasteiger partial charge is 0.161 e. The maximum atomic E-state index is 11.4. The van der Waals surface area contributed by atoms with E-state index in [9.17, 15) is 4.79 Å². The number of ketones is 1. The molecule has 0 spiro atoms. The molecule has 2 unspecified atom stereocenters.